The van der Waals surface area contributed by atoms with Crippen LogP contribution in [0.1, 0.15) is 80.9 Å². The molecule has 1 aliphatic carbocycles. The minimum atomic E-state index is -1.04. The number of hydrogen-bond acceptors (Lipinski definition) is 5. The first-order valence-electron chi connectivity index (χ1n) is 12.4. The molecule has 1 aliphatic rings. The highest BCUT2D eigenvalue weighted by Crippen LogP contribution is 2.33. The Kier molecular flexibility index (Phi) is 9.86. The van der Waals surface area contributed by atoms with Crippen molar-refractivity contribution in [3.63, 3.8) is 0 Å². The van der Waals surface area contributed by atoms with Crippen LogP contribution in [0.15, 0.2) is 66.8 Å². The van der Waals surface area contributed by atoms with E-state index in [0.29, 0.717) is 11.1 Å². The molecule has 1 aromatic heterocycles. The van der Waals surface area contributed by atoms with Crippen molar-refractivity contribution in [1.29, 1.82) is 5.26 Å². The van der Waals surface area contributed by atoms with Crippen molar-refractivity contribution in [1.82, 2.24) is 4.98 Å². The fourth-order valence-electron chi connectivity index (χ4n) is 4.04. The maximum atomic E-state index is 12.9. The van der Waals surface area contributed by atoms with E-state index >= 15 is 0 Å². The standard InChI is InChI=1S/C30H34N2O3/c1-4-6-7-9-14-25-20-27(23-17-15-22(3)16-18-23)32-29(26(25)21-31)35-28(30(33)34-19-5-2)24-12-10-8-11-13-24/h5,8,10-13,15,17,20,28H,2,4,6-7,9,14,16,18-19H2,1,3H3. The largest absolute Gasteiger partial charge is 0.458 e. The molecule has 182 valence electrons. The fourth-order valence-corrected chi connectivity index (χ4v) is 4.04. The summed E-state index contributed by atoms with van der Waals surface area (Å²) < 4.78 is 11.5. The molecule has 5 heteroatoms. The number of allylic oxidation sites excluding steroid dienone is 4. The molecule has 1 heterocycles. The van der Waals surface area contributed by atoms with Crippen LogP contribution in [-0.4, -0.2) is 17.6 Å². The van der Waals surface area contributed by atoms with Gasteiger partial charge >= 0.3 is 5.97 Å². The van der Waals surface area contributed by atoms with E-state index in [0.717, 1.165) is 61.8 Å². The normalized spacial score (nSPS) is 13.7. The van der Waals surface area contributed by atoms with E-state index in [9.17, 15) is 10.1 Å². The number of benzene rings is 1. The predicted molar refractivity (Wildman–Crippen MR) is 139 cm³/mol. The van der Waals surface area contributed by atoms with Crippen LogP contribution < -0.4 is 4.74 Å². The van der Waals surface area contributed by atoms with Gasteiger partial charge in [0.1, 0.15) is 18.2 Å². The average molecular weight is 471 g/mol. The number of nitrogens with zero attached hydrogens (tertiary/aromatic N) is 2. The van der Waals surface area contributed by atoms with Crippen LogP contribution in [0.3, 0.4) is 0 Å². The molecule has 3 rings (SSSR count). The molecule has 0 radical (unpaired) electrons. The van der Waals surface area contributed by atoms with Crippen molar-refractivity contribution in [2.75, 3.05) is 6.61 Å². The summed E-state index contributed by atoms with van der Waals surface area (Å²) >= 11 is 0. The highest BCUT2D eigenvalue weighted by molar-refractivity contribution is 5.77. The maximum absolute atomic E-state index is 12.9. The summed E-state index contributed by atoms with van der Waals surface area (Å²) in [7, 11) is 0. The van der Waals surface area contributed by atoms with Crippen molar-refractivity contribution < 1.29 is 14.3 Å². The minimum absolute atomic E-state index is 0.0748. The molecule has 35 heavy (non-hydrogen) atoms. The SMILES string of the molecule is C=CCOC(=O)C(Oc1nc(C2=CC=C(C)CC2)cc(CCCCCC)c1C#N)c1ccccc1. The summed E-state index contributed by atoms with van der Waals surface area (Å²) in [6.07, 6.45) is 11.6. The lowest BCUT2D eigenvalue weighted by Gasteiger charge is -2.21. The van der Waals surface area contributed by atoms with Crippen LogP contribution in [0.4, 0.5) is 0 Å². The number of unbranched alkanes of at least 4 members (excludes halogenated alkanes) is 3. The van der Waals surface area contributed by atoms with Crippen LogP contribution in [0, 0.1) is 11.3 Å². The molecular formula is C30H34N2O3. The number of hydrogen-bond donors (Lipinski definition) is 0. The number of carbonyl (C=O) groups is 1. The van der Waals surface area contributed by atoms with Crippen molar-refractivity contribution in [2.24, 2.45) is 0 Å². The zero-order chi connectivity index (χ0) is 25.0. The Morgan fingerprint density at radius 2 is 2.00 bits per heavy atom. The Morgan fingerprint density at radius 1 is 1.20 bits per heavy atom. The lowest BCUT2D eigenvalue weighted by atomic mass is 9.94. The van der Waals surface area contributed by atoms with Gasteiger partial charge in [-0.1, -0.05) is 86.9 Å². The molecule has 1 atom stereocenters. The van der Waals surface area contributed by atoms with Gasteiger partial charge in [0.2, 0.25) is 12.0 Å². The van der Waals surface area contributed by atoms with E-state index < -0.39 is 12.1 Å². The second-order valence-corrected chi connectivity index (χ2v) is 8.80. The third-order valence-electron chi connectivity index (χ3n) is 6.06. The number of ether oxygens (including phenoxy) is 2. The molecule has 0 saturated carbocycles. The first kappa shape index (κ1) is 26.0. The van der Waals surface area contributed by atoms with Gasteiger partial charge in [-0.25, -0.2) is 9.78 Å². The molecule has 0 N–H and O–H groups in total. The van der Waals surface area contributed by atoms with E-state index in [4.69, 9.17) is 14.5 Å². The zero-order valence-corrected chi connectivity index (χ0v) is 20.8. The lowest BCUT2D eigenvalue weighted by Crippen LogP contribution is -2.23. The van der Waals surface area contributed by atoms with E-state index in [1.165, 1.54) is 11.6 Å². The molecule has 0 amide bonds. The van der Waals surface area contributed by atoms with E-state index in [1.807, 2.05) is 24.3 Å². The number of pyridine rings is 1. The van der Waals surface area contributed by atoms with Crippen LogP contribution in [0.25, 0.3) is 5.57 Å². The molecule has 0 spiro atoms. The van der Waals surface area contributed by atoms with Gasteiger partial charge < -0.3 is 9.47 Å². The van der Waals surface area contributed by atoms with Crippen molar-refractivity contribution in [2.45, 2.75) is 64.9 Å². The molecular weight excluding hydrogens is 436 g/mol. The van der Waals surface area contributed by atoms with E-state index in [-0.39, 0.29) is 12.5 Å². The number of esters is 1. The first-order valence-corrected chi connectivity index (χ1v) is 12.4. The molecule has 2 aromatic rings. The molecule has 0 aliphatic heterocycles. The summed E-state index contributed by atoms with van der Waals surface area (Å²) in [5.41, 5.74) is 5.14. The number of carbonyl (C=O) groups excluding carboxylic acids is 1. The average Bonchev–Trinajstić information content (AvgIpc) is 2.89. The molecule has 0 bridgehead atoms. The van der Waals surface area contributed by atoms with Gasteiger partial charge in [-0.3, -0.25) is 0 Å². The molecule has 1 unspecified atom stereocenters. The Labute approximate surface area is 208 Å². The summed E-state index contributed by atoms with van der Waals surface area (Å²) in [6.45, 7) is 7.98. The predicted octanol–water partition coefficient (Wildman–Crippen LogP) is 7.05. The Morgan fingerprint density at radius 3 is 2.66 bits per heavy atom. The Bertz CT molecular complexity index is 1130. The topological polar surface area (TPSA) is 72.2 Å². The monoisotopic (exact) mass is 470 g/mol. The van der Waals surface area contributed by atoms with E-state index in [2.05, 4.69) is 38.6 Å². The van der Waals surface area contributed by atoms with Crippen LogP contribution in [0.5, 0.6) is 5.88 Å². The lowest BCUT2D eigenvalue weighted by molar-refractivity contribution is -0.151. The number of nitriles is 1. The highest BCUT2D eigenvalue weighted by atomic mass is 16.6. The third kappa shape index (κ3) is 7.16. The number of rotatable bonds is 12. The Balaban J connectivity index is 2.04. The quantitative estimate of drug-likeness (QED) is 0.189. The fraction of sp³-hybridized carbons (Fsp3) is 0.367. The summed E-state index contributed by atoms with van der Waals surface area (Å²) in [5.74, 6) is -0.376. The second-order valence-electron chi connectivity index (χ2n) is 8.80. The summed E-state index contributed by atoms with van der Waals surface area (Å²) in [6, 6.07) is 13.5. The summed E-state index contributed by atoms with van der Waals surface area (Å²) in [4.78, 5) is 17.7. The maximum Gasteiger partial charge on any atom is 0.352 e. The zero-order valence-electron chi connectivity index (χ0n) is 20.8. The minimum Gasteiger partial charge on any atom is -0.458 e. The highest BCUT2D eigenvalue weighted by Gasteiger charge is 2.27. The molecule has 0 saturated heterocycles. The Hall–Kier alpha value is -3.65. The molecule has 0 fully saturated rings. The van der Waals surface area contributed by atoms with Crippen LogP contribution in [-0.2, 0) is 16.0 Å². The van der Waals surface area contributed by atoms with Gasteiger partial charge in [-0.15, -0.1) is 0 Å². The van der Waals surface area contributed by atoms with Gasteiger partial charge in [0.15, 0.2) is 0 Å². The van der Waals surface area contributed by atoms with Crippen LogP contribution >= 0.6 is 0 Å². The van der Waals surface area contributed by atoms with Crippen molar-refractivity contribution in [3.05, 3.63) is 89.2 Å². The van der Waals surface area contributed by atoms with Crippen LogP contribution in [0.2, 0.25) is 0 Å². The van der Waals surface area contributed by atoms with Gasteiger partial charge in [0, 0.05) is 5.56 Å². The van der Waals surface area contributed by atoms with Gasteiger partial charge in [-0.05, 0) is 49.8 Å². The molecule has 5 nitrogen and oxygen atoms in total. The van der Waals surface area contributed by atoms with E-state index in [1.54, 1.807) is 12.1 Å². The number of aromatic nitrogens is 1. The second kappa shape index (κ2) is 13.3. The van der Waals surface area contributed by atoms with Gasteiger partial charge in [0.05, 0.1) is 5.69 Å². The summed E-state index contributed by atoms with van der Waals surface area (Å²) in [5, 5.41) is 10.1. The smallest absolute Gasteiger partial charge is 0.352 e. The van der Waals surface area contributed by atoms with Gasteiger partial charge in [0.25, 0.3) is 0 Å². The van der Waals surface area contributed by atoms with Gasteiger partial charge in [-0.2, -0.15) is 5.26 Å². The third-order valence-corrected chi connectivity index (χ3v) is 6.06. The number of aryl methyl sites for hydroxylation is 1. The van der Waals surface area contributed by atoms with Crippen molar-refractivity contribution >= 4 is 11.5 Å². The first-order chi connectivity index (χ1) is 17.1. The van der Waals surface area contributed by atoms with Crippen molar-refractivity contribution in [3.8, 4) is 11.9 Å². The molecule has 1 aromatic carbocycles.